The number of benzene rings is 3. The lowest BCUT2D eigenvalue weighted by Gasteiger charge is -2.37. The van der Waals surface area contributed by atoms with Gasteiger partial charge in [0.05, 0.1) is 6.67 Å². The summed E-state index contributed by atoms with van der Waals surface area (Å²) in [5.74, 6) is 1.66. The number of amides is 1. The number of halogens is 1. The van der Waals surface area contributed by atoms with Crippen LogP contribution in [0.5, 0.6) is 17.2 Å². The highest BCUT2D eigenvalue weighted by molar-refractivity contribution is 5.97. The maximum absolute atomic E-state index is 12.1. The minimum absolute atomic E-state index is 0.184. The van der Waals surface area contributed by atoms with Crippen molar-refractivity contribution in [3.63, 3.8) is 0 Å². The number of carbonyl (C=O) groups is 1. The molecule has 6 nitrogen and oxygen atoms in total. The van der Waals surface area contributed by atoms with Gasteiger partial charge in [0, 0.05) is 42.3 Å². The number of likely N-dealkylation sites (tertiary alicyclic amines) is 1. The Morgan fingerprint density at radius 1 is 1.11 bits per heavy atom. The van der Waals surface area contributed by atoms with Crippen LogP contribution >= 0.6 is 0 Å². The van der Waals surface area contributed by atoms with Gasteiger partial charge >= 0.3 is 0 Å². The fourth-order valence-corrected chi connectivity index (χ4v) is 4.28. The Morgan fingerprint density at radius 3 is 2.61 bits per heavy atom. The van der Waals surface area contributed by atoms with E-state index in [-0.39, 0.29) is 18.3 Å². The van der Waals surface area contributed by atoms with E-state index in [4.69, 9.17) is 15.2 Å². The fraction of sp³-hybridized carbons (Fsp3) is 0.276. The third-order valence-electron chi connectivity index (χ3n) is 6.36. The van der Waals surface area contributed by atoms with E-state index < -0.39 is 5.91 Å². The van der Waals surface area contributed by atoms with E-state index in [1.807, 2.05) is 43.3 Å². The Labute approximate surface area is 210 Å². The maximum atomic E-state index is 12.1. The number of aromatic hydroxyl groups is 1. The van der Waals surface area contributed by atoms with Gasteiger partial charge in [-0.2, -0.15) is 0 Å². The average molecular weight is 491 g/mol. The summed E-state index contributed by atoms with van der Waals surface area (Å²) in [5, 5.41) is 9.64. The number of nitrogens with zero attached hydrogens (tertiary/aromatic N) is 1. The first-order valence-corrected chi connectivity index (χ1v) is 12.0. The summed E-state index contributed by atoms with van der Waals surface area (Å²) in [7, 11) is 0. The largest absolute Gasteiger partial charge is 0.508 e. The van der Waals surface area contributed by atoms with E-state index in [9.17, 15) is 14.3 Å². The van der Waals surface area contributed by atoms with Gasteiger partial charge in [0.25, 0.3) is 0 Å². The number of hydrogen-bond donors (Lipinski definition) is 2. The van der Waals surface area contributed by atoms with Crippen molar-refractivity contribution in [1.82, 2.24) is 4.90 Å². The van der Waals surface area contributed by atoms with Crippen molar-refractivity contribution < 1.29 is 23.8 Å². The summed E-state index contributed by atoms with van der Waals surface area (Å²) in [4.78, 5) is 13.5. The molecule has 1 saturated heterocycles. The van der Waals surface area contributed by atoms with Crippen LogP contribution < -0.4 is 15.2 Å². The predicted molar refractivity (Wildman–Crippen MR) is 139 cm³/mol. The Morgan fingerprint density at radius 2 is 1.89 bits per heavy atom. The molecule has 36 heavy (non-hydrogen) atoms. The molecule has 3 aromatic carbocycles. The zero-order valence-corrected chi connectivity index (χ0v) is 20.3. The highest BCUT2D eigenvalue weighted by Gasteiger charge is 2.25. The zero-order valence-electron chi connectivity index (χ0n) is 20.3. The lowest BCUT2D eigenvalue weighted by molar-refractivity contribution is 0.0668. The number of fused-ring (bicyclic) bond motifs is 1. The van der Waals surface area contributed by atoms with Crippen LogP contribution in [-0.2, 0) is 0 Å². The van der Waals surface area contributed by atoms with Gasteiger partial charge < -0.3 is 20.3 Å². The van der Waals surface area contributed by atoms with Crippen molar-refractivity contribution in [3.8, 4) is 17.2 Å². The number of hydrogen-bond acceptors (Lipinski definition) is 5. The molecule has 2 heterocycles. The van der Waals surface area contributed by atoms with Crippen molar-refractivity contribution >= 4 is 17.1 Å². The smallest absolute Gasteiger partial charge is 0.248 e. The molecule has 1 amide bonds. The molecule has 0 radical (unpaired) electrons. The van der Waals surface area contributed by atoms with Crippen molar-refractivity contribution in [2.45, 2.75) is 6.92 Å². The van der Waals surface area contributed by atoms with E-state index in [1.165, 1.54) is 0 Å². The second-order valence-corrected chi connectivity index (χ2v) is 8.96. The molecule has 3 N–H and O–H groups in total. The third-order valence-corrected chi connectivity index (χ3v) is 6.36. The van der Waals surface area contributed by atoms with E-state index in [2.05, 4.69) is 4.90 Å². The van der Waals surface area contributed by atoms with Crippen molar-refractivity contribution in [1.29, 1.82) is 0 Å². The molecule has 5 rings (SSSR count). The van der Waals surface area contributed by atoms with Gasteiger partial charge in [0.15, 0.2) is 0 Å². The molecule has 188 valence electrons. The number of ether oxygens (including phenoxy) is 2. The molecule has 0 aliphatic carbocycles. The Kier molecular flexibility index (Phi) is 8.23. The second-order valence-electron chi connectivity index (χ2n) is 8.96. The Bertz CT molecular complexity index is 1220. The summed E-state index contributed by atoms with van der Waals surface area (Å²) in [6, 6.07) is 22.0. The van der Waals surface area contributed by atoms with Gasteiger partial charge in [-0.25, -0.2) is 0 Å². The van der Waals surface area contributed by atoms with Crippen LogP contribution in [0, 0.1) is 5.92 Å². The zero-order chi connectivity index (χ0) is 25.5. The van der Waals surface area contributed by atoms with Gasteiger partial charge in [0.2, 0.25) is 5.91 Å². The summed E-state index contributed by atoms with van der Waals surface area (Å²) >= 11 is 0. The first-order valence-electron chi connectivity index (χ1n) is 12.0. The normalized spacial score (nSPS) is 15.2. The predicted octanol–water partition coefficient (Wildman–Crippen LogP) is 4.78. The van der Waals surface area contributed by atoms with Crippen LogP contribution in [0.25, 0.3) is 11.1 Å². The van der Waals surface area contributed by atoms with Crippen LogP contribution in [0.3, 0.4) is 0 Å². The summed E-state index contributed by atoms with van der Waals surface area (Å²) < 4.78 is 23.4. The first-order chi connectivity index (χ1) is 17.4. The summed E-state index contributed by atoms with van der Waals surface area (Å²) in [6.07, 6.45) is 0. The number of carbonyl (C=O) groups excluding carboxylic acids is 1. The summed E-state index contributed by atoms with van der Waals surface area (Å²) in [5.41, 5.74) is 9.56. The summed E-state index contributed by atoms with van der Waals surface area (Å²) in [6.45, 7) is 5.56. The molecule has 1 fully saturated rings. The lowest BCUT2D eigenvalue weighted by atomic mass is 9.93. The van der Waals surface area contributed by atoms with Crippen molar-refractivity contribution in [2.24, 2.45) is 11.7 Å². The molecule has 7 heteroatoms. The van der Waals surface area contributed by atoms with Crippen LogP contribution in [0.15, 0.2) is 72.8 Å². The second kappa shape index (κ2) is 11.7. The van der Waals surface area contributed by atoms with Crippen LogP contribution in [0.4, 0.5) is 4.39 Å². The van der Waals surface area contributed by atoms with E-state index in [0.717, 1.165) is 53.4 Å². The molecule has 0 unspecified atom stereocenters. The number of primary amides is 1. The van der Waals surface area contributed by atoms with Crippen LogP contribution in [-0.4, -0.2) is 55.4 Å². The molecule has 0 aromatic heterocycles. The average Bonchev–Trinajstić information content (AvgIpc) is 2.87. The molecule has 2 aliphatic heterocycles. The molecule has 2 aliphatic rings. The standard InChI is InChI=1S/C17H15NO3.C12H16FNO/c1-10-14-8-13(19)5-6-16(14)21-9-15(10)11-3-2-4-12(7-11)17(18)20;13-8-11-9-14(10-11)6-7-15-12-4-2-1-3-5-12/h2-8,19H,9H2,1H3,(H2,18,20);1-5,11H,6-10H2. The first kappa shape index (κ1) is 25.3. The highest BCUT2D eigenvalue weighted by Crippen LogP contribution is 2.38. The molecule has 0 bridgehead atoms. The van der Waals surface area contributed by atoms with Crippen LogP contribution in [0.1, 0.15) is 28.4 Å². The SMILES string of the molecule is CC1=C(c2cccc(C(N)=O)c2)COc2ccc(O)cc21.FCC1CN(CCOc2ccccc2)C1. The number of allylic oxidation sites excluding steroid dienone is 1. The van der Waals surface area contributed by atoms with Gasteiger partial charge in [-0.05, 0) is 60.5 Å². The topological polar surface area (TPSA) is 85.0 Å². The molecule has 0 spiro atoms. The number of phenolic OH excluding ortho intramolecular Hbond substituents is 1. The molecular formula is C29H31FN2O4. The molecule has 3 aromatic rings. The van der Waals surface area contributed by atoms with Gasteiger partial charge in [0.1, 0.15) is 30.5 Å². The van der Waals surface area contributed by atoms with E-state index in [0.29, 0.717) is 18.8 Å². The Hall–Kier alpha value is -3.84. The number of para-hydroxylation sites is 1. The third kappa shape index (κ3) is 6.23. The number of rotatable bonds is 7. The van der Waals surface area contributed by atoms with E-state index in [1.54, 1.807) is 36.4 Å². The quantitative estimate of drug-likeness (QED) is 0.498. The van der Waals surface area contributed by atoms with Crippen molar-refractivity contribution in [3.05, 3.63) is 89.5 Å². The molecule has 0 atom stereocenters. The van der Waals surface area contributed by atoms with E-state index >= 15 is 0 Å². The lowest BCUT2D eigenvalue weighted by Crippen LogP contribution is -2.49. The maximum Gasteiger partial charge on any atom is 0.248 e. The number of phenols is 1. The fourth-order valence-electron chi connectivity index (χ4n) is 4.28. The van der Waals surface area contributed by atoms with Gasteiger partial charge in [-0.3, -0.25) is 14.1 Å². The minimum Gasteiger partial charge on any atom is -0.508 e. The Balaban J connectivity index is 0.000000179. The number of nitrogens with two attached hydrogens (primary N) is 1. The molecule has 0 saturated carbocycles. The monoisotopic (exact) mass is 490 g/mol. The minimum atomic E-state index is -0.454. The van der Waals surface area contributed by atoms with Gasteiger partial charge in [-0.1, -0.05) is 30.3 Å². The highest BCUT2D eigenvalue weighted by atomic mass is 19.1. The number of alkyl halides is 1. The van der Waals surface area contributed by atoms with Crippen molar-refractivity contribution in [2.75, 3.05) is 39.5 Å². The van der Waals surface area contributed by atoms with Crippen LogP contribution in [0.2, 0.25) is 0 Å². The van der Waals surface area contributed by atoms with Gasteiger partial charge in [-0.15, -0.1) is 0 Å². The molecular weight excluding hydrogens is 459 g/mol.